The molecule has 2 aliphatic rings. The summed E-state index contributed by atoms with van der Waals surface area (Å²) in [5.74, 6) is 0.853. The van der Waals surface area contributed by atoms with Crippen molar-refractivity contribution in [2.24, 2.45) is 5.92 Å². The van der Waals surface area contributed by atoms with Crippen LogP contribution in [0.4, 0.5) is 0 Å². The molecule has 0 N–H and O–H groups in total. The molecule has 138 valence electrons. The monoisotopic (exact) mass is 360 g/mol. The van der Waals surface area contributed by atoms with E-state index in [1.54, 1.807) is 48.5 Å². The summed E-state index contributed by atoms with van der Waals surface area (Å²) in [6.07, 6.45) is 2.95. The lowest BCUT2D eigenvalue weighted by atomic mass is 9.84. The van der Waals surface area contributed by atoms with Crippen LogP contribution in [0.3, 0.4) is 0 Å². The average Bonchev–Trinajstić information content (AvgIpc) is 2.66. The lowest BCUT2D eigenvalue weighted by molar-refractivity contribution is -0.117. The summed E-state index contributed by atoms with van der Waals surface area (Å²) in [7, 11) is 0. The lowest BCUT2D eigenvalue weighted by Crippen LogP contribution is -2.20. The SMILES string of the molecule is CC(C)=C1CC[C@@H](C)CC1=O.O=C1c2ccccc2C(=O)c2ccccc21. The molecule has 2 aromatic rings. The Morgan fingerprint density at radius 3 is 1.52 bits per heavy atom. The van der Waals surface area contributed by atoms with Crippen molar-refractivity contribution in [2.45, 2.75) is 40.0 Å². The van der Waals surface area contributed by atoms with Crippen molar-refractivity contribution >= 4 is 17.3 Å². The molecule has 1 fully saturated rings. The third kappa shape index (κ3) is 3.82. The molecule has 0 unspecified atom stereocenters. The minimum atomic E-state index is -0.0641. The van der Waals surface area contributed by atoms with Crippen LogP contribution < -0.4 is 0 Å². The third-order valence-corrected chi connectivity index (χ3v) is 5.19. The second-order valence-corrected chi connectivity index (χ2v) is 7.50. The molecular weight excluding hydrogens is 336 g/mol. The van der Waals surface area contributed by atoms with Crippen LogP contribution >= 0.6 is 0 Å². The standard InChI is InChI=1S/C14H8O2.C10H16O/c15-13-9-5-1-2-6-10(9)14(16)12-8-4-3-7-11(12)13;1-7(2)9-5-4-8(3)6-10(9)11/h1-8H;8H,4-6H2,1-3H3/t;8-/m.1/s1. The molecule has 1 atom stereocenters. The Hall–Kier alpha value is -2.81. The van der Waals surface area contributed by atoms with Crippen LogP contribution in [0.1, 0.15) is 71.9 Å². The molecular formula is C24H24O3. The first kappa shape index (κ1) is 19.0. The predicted octanol–water partition coefficient (Wildman–Crippen LogP) is 5.17. The van der Waals surface area contributed by atoms with Gasteiger partial charge in [-0.2, -0.15) is 0 Å². The highest BCUT2D eigenvalue weighted by atomic mass is 16.1. The molecule has 3 nitrogen and oxygen atoms in total. The number of fused-ring (bicyclic) bond motifs is 2. The number of rotatable bonds is 0. The molecule has 1 saturated carbocycles. The van der Waals surface area contributed by atoms with Crippen LogP contribution in [0, 0.1) is 5.92 Å². The summed E-state index contributed by atoms with van der Waals surface area (Å²) >= 11 is 0. The Kier molecular flexibility index (Phi) is 5.50. The lowest BCUT2D eigenvalue weighted by Gasteiger charge is -2.19. The van der Waals surface area contributed by atoms with Crippen molar-refractivity contribution < 1.29 is 14.4 Å². The van der Waals surface area contributed by atoms with E-state index in [1.807, 2.05) is 13.8 Å². The normalized spacial score (nSPS) is 18.3. The maximum atomic E-state index is 12.1. The smallest absolute Gasteiger partial charge is 0.194 e. The first-order valence-corrected chi connectivity index (χ1v) is 9.37. The average molecular weight is 360 g/mol. The number of benzene rings is 2. The Balaban J connectivity index is 0.000000168. The van der Waals surface area contributed by atoms with Gasteiger partial charge in [0.15, 0.2) is 17.3 Å². The maximum absolute atomic E-state index is 12.1. The van der Waals surface area contributed by atoms with Crippen molar-refractivity contribution in [3.8, 4) is 0 Å². The van der Waals surface area contributed by atoms with Gasteiger partial charge < -0.3 is 0 Å². The van der Waals surface area contributed by atoms with Crippen molar-refractivity contribution in [3.05, 3.63) is 81.9 Å². The Morgan fingerprint density at radius 1 is 0.778 bits per heavy atom. The second kappa shape index (κ2) is 7.83. The number of carbonyl (C=O) groups excluding carboxylic acids is 3. The molecule has 0 aromatic heterocycles. The fraction of sp³-hybridized carbons (Fsp3) is 0.292. The minimum Gasteiger partial charge on any atom is -0.295 e. The van der Waals surface area contributed by atoms with E-state index in [-0.39, 0.29) is 11.6 Å². The van der Waals surface area contributed by atoms with Gasteiger partial charge in [-0.3, -0.25) is 14.4 Å². The molecule has 0 bridgehead atoms. The quantitative estimate of drug-likeness (QED) is 0.519. The number of ketones is 3. The van der Waals surface area contributed by atoms with Crippen molar-refractivity contribution in [1.82, 2.24) is 0 Å². The van der Waals surface area contributed by atoms with Gasteiger partial charge in [-0.1, -0.05) is 61.0 Å². The minimum absolute atomic E-state index is 0.0641. The van der Waals surface area contributed by atoms with Crippen LogP contribution in [0.15, 0.2) is 59.7 Å². The van der Waals surface area contributed by atoms with E-state index in [2.05, 4.69) is 6.92 Å². The van der Waals surface area contributed by atoms with Gasteiger partial charge in [-0.25, -0.2) is 0 Å². The van der Waals surface area contributed by atoms with Crippen LogP contribution in [-0.2, 0) is 4.79 Å². The van der Waals surface area contributed by atoms with Gasteiger partial charge in [-0.15, -0.1) is 0 Å². The predicted molar refractivity (Wildman–Crippen MR) is 106 cm³/mol. The molecule has 3 heteroatoms. The van der Waals surface area contributed by atoms with Gasteiger partial charge in [0, 0.05) is 28.7 Å². The topological polar surface area (TPSA) is 51.2 Å². The number of hydrogen-bond donors (Lipinski definition) is 0. The fourth-order valence-electron chi connectivity index (χ4n) is 3.65. The zero-order valence-corrected chi connectivity index (χ0v) is 16.0. The molecule has 0 heterocycles. The molecule has 0 amide bonds. The van der Waals surface area contributed by atoms with Crippen LogP contribution in [0.2, 0.25) is 0 Å². The Morgan fingerprint density at radius 2 is 1.19 bits per heavy atom. The first-order chi connectivity index (χ1) is 12.9. The van der Waals surface area contributed by atoms with E-state index in [9.17, 15) is 14.4 Å². The fourth-order valence-corrected chi connectivity index (χ4v) is 3.65. The van der Waals surface area contributed by atoms with E-state index in [0.29, 0.717) is 34.0 Å². The highest BCUT2D eigenvalue weighted by Gasteiger charge is 2.28. The molecule has 2 aromatic carbocycles. The number of allylic oxidation sites excluding steroid dienone is 2. The molecule has 0 aliphatic heterocycles. The molecule has 0 saturated heterocycles. The first-order valence-electron chi connectivity index (χ1n) is 9.37. The summed E-state index contributed by atoms with van der Waals surface area (Å²) in [6, 6.07) is 13.9. The largest absolute Gasteiger partial charge is 0.295 e. The zero-order valence-electron chi connectivity index (χ0n) is 16.0. The second-order valence-electron chi connectivity index (χ2n) is 7.50. The van der Waals surface area contributed by atoms with Gasteiger partial charge in [0.1, 0.15) is 0 Å². The highest BCUT2D eigenvalue weighted by Crippen LogP contribution is 2.27. The highest BCUT2D eigenvalue weighted by molar-refractivity contribution is 6.28. The van der Waals surface area contributed by atoms with Crippen molar-refractivity contribution in [3.63, 3.8) is 0 Å². The van der Waals surface area contributed by atoms with Gasteiger partial charge in [0.25, 0.3) is 0 Å². The van der Waals surface area contributed by atoms with Gasteiger partial charge in [0.2, 0.25) is 0 Å². The van der Waals surface area contributed by atoms with Gasteiger partial charge in [-0.05, 0) is 38.2 Å². The summed E-state index contributed by atoms with van der Waals surface area (Å²) in [6.45, 7) is 6.21. The van der Waals surface area contributed by atoms with Crippen LogP contribution in [0.25, 0.3) is 0 Å². The third-order valence-electron chi connectivity index (χ3n) is 5.19. The van der Waals surface area contributed by atoms with E-state index >= 15 is 0 Å². The Labute approximate surface area is 160 Å². The molecule has 27 heavy (non-hydrogen) atoms. The van der Waals surface area contributed by atoms with E-state index < -0.39 is 0 Å². The summed E-state index contributed by atoms with van der Waals surface area (Å²) < 4.78 is 0. The number of hydrogen-bond acceptors (Lipinski definition) is 3. The zero-order chi connectivity index (χ0) is 19.6. The van der Waals surface area contributed by atoms with E-state index in [4.69, 9.17) is 0 Å². The molecule has 4 rings (SSSR count). The maximum Gasteiger partial charge on any atom is 0.194 e. The summed E-state index contributed by atoms with van der Waals surface area (Å²) in [4.78, 5) is 35.6. The van der Waals surface area contributed by atoms with E-state index in [0.717, 1.165) is 18.4 Å². The van der Waals surface area contributed by atoms with Gasteiger partial charge >= 0.3 is 0 Å². The van der Waals surface area contributed by atoms with Gasteiger partial charge in [0.05, 0.1) is 0 Å². The van der Waals surface area contributed by atoms with Crippen LogP contribution in [0.5, 0.6) is 0 Å². The van der Waals surface area contributed by atoms with Crippen molar-refractivity contribution in [2.75, 3.05) is 0 Å². The summed E-state index contributed by atoms with van der Waals surface area (Å²) in [5, 5.41) is 0. The molecule has 0 spiro atoms. The molecule has 2 aliphatic carbocycles. The number of carbonyl (C=O) groups is 3. The Bertz CT molecular complexity index is 840. The van der Waals surface area contributed by atoms with E-state index in [1.165, 1.54) is 12.0 Å². The van der Waals surface area contributed by atoms with Crippen molar-refractivity contribution in [1.29, 1.82) is 0 Å². The van der Waals surface area contributed by atoms with Crippen LogP contribution in [-0.4, -0.2) is 17.3 Å². The molecule has 0 radical (unpaired) electrons. The number of Topliss-reactive ketones (excluding diaryl/α,β-unsaturated/α-hetero) is 1. The summed E-state index contributed by atoms with van der Waals surface area (Å²) in [5.41, 5.74) is 4.32.